The Morgan fingerprint density at radius 2 is 0.726 bits per heavy atom. The third-order valence-corrected chi connectivity index (χ3v) is 9.02. The molecule has 1 aromatic heterocycles. The molecule has 0 fully saturated rings. The molecule has 5 aromatic carbocycles. The van der Waals surface area contributed by atoms with Crippen LogP contribution in [0.4, 0.5) is 87.8 Å². The minimum Gasteiger partial charge on any atom is -0.264 e. The highest BCUT2D eigenvalue weighted by molar-refractivity contribution is 7.20. The van der Waals surface area contributed by atoms with Gasteiger partial charge in [-0.05, 0) is 0 Å². The molecule has 0 aliphatic carbocycles. The topological polar surface area (TPSA) is 59.9 Å². The minimum atomic E-state index is -7.22. The molecule has 5 nitrogen and oxygen atoms in total. The lowest BCUT2D eigenvalue weighted by molar-refractivity contribution is -0.690. The summed E-state index contributed by atoms with van der Waals surface area (Å²) in [5.74, 6) is -71.4. The van der Waals surface area contributed by atoms with E-state index < -0.39 is 144 Å². The fraction of sp³-hybridized carbons (Fsp3) is 0.0556. The van der Waals surface area contributed by atoms with Gasteiger partial charge in [-0.15, -0.1) is 21.9 Å². The summed E-state index contributed by atoms with van der Waals surface area (Å²) in [5, 5.41) is 10.4. The first-order valence-electron chi connectivity index (χ1n) is 16.2. The average Bonchev–Trinajstić information content (AvgIpc) is 3.24. The fourth-order valence-electron chi connectivity index (χ4n) is 6.46. The predicted molar refractivity (Wildman–Crippen MR) is 170 cm³/mol. The van der Waals surface area contributed by atoms with Crippen LogP contribution in [0.2, 0.25) is 0 Å². The maximum Gasteiger partial charge on any atom is 0.251 e. The van der Waals surface area contributed by atoms with Crippen LogP contribution in [0.3, 0.4) is 0 Å². The van der Waals surface area contributed by atoms with Gasteiger partial charge < -0.3 is 0 Å². The molecule has 326 valence electrons. The van der Waals surface area contributed by atoms with Gasteiger partial charge >= 0.3 is 0 Å². The van der Waals surface area contributed by atoms with Crippen molar-refractivity contribution < 1.29 is 97.3 Å². The molecular formula is C36H12BF20N3O2. The first kappa shape index (κ1) is 46.3. The molecule has 0 bridgehead atoms. The Kier molecular flexibility index (Phi) is 12.9. The number of rotatable bonds is 8. The Bertz CT molecular complexity index is 2410. The SMILES string of the molecule is Fc1c(F)c(F)c([B-](c2c(F)c(F)c(F)c(F)c2F)(c2c(F)c(F)c(F)c(F)c2F)c2c(F)c(F)c(F)c(F)c2F)c(F)c1F.O=[N+]([O-])Cc1c[n+](Cc2ccccc2)ccn1. The number of aromatic nitrogens is 2. The van der Waals surface area contributed by atoms with Gasteiger partial charge in [0.25, 0.3) is 6.54 Å². The van der Waals surface area contributed by atoms with Crippen molar-refractivity contribution in [2.75, 3.05) is 0 Å². The highest BCUT2D eigenvalue weighted by Gasteiger charge is 2.52. The second-order valence-electron chi connectivity index (χ2n) is 12.5. The molecular weight excluding hydrogens is 897 g/mol. The number of halogens is 20. The van der Waals surface area contributed by atoms with Crippen LogP contribution < -0.4 is 26.4 Å². The van der Waals surface area contributed by atoms with Crippen LogP contribution in [0.15, 0.2) is 48.9 Å². The summed E-state index contributed by atoms with van der Waals surface area (Å²) in [4.78, 5) is 14.0. The normalized spacial score (nSPS) is 11.5. The average molecular weight is 909 g/mol. The first-order valence-corrected chi connectivity index (χ1v) is 16.2. The smallest absolute Gasteiger partial charge is 0.251 e. The molecule has 0 N–H and O–H groups in total. The van der Waals surface area contributed by atoms with Crippen molar-refractivity contribution in [3.8, 4) is 0 Å². The number of hydrogen-bond donors (Lipinski definition) is 0. The summed E-state index contributed by atoms with van der Waals surface area (Å²) < 4.78 is 296. The zero-order valence-corrected chi connectivity index (χ0v) is 29.3. The van der Waals surface area contributed by atoms with Gasteiger partial charge in [-0.3, -0.25) is 10.1 Å². The molecule has 0 aliphatic heterocycles. The minimum absolute atomic E-state index is 0.240. The van der Waals surface area contributed by atoms with E-state index in [1.165, 1.54) is 0 Å². The Morgan fingerprint density at radius 3 is 1.00 bits per heavy atom. The lowest BCUT2D eigenvalue weighted by Gasteiger charge is -2.44. The zero-order valence-electron chi connectivity index (χ0n) is 29.3. The lowest BCUT2D eigenvalue weighted by Crippen LogP contribution is -2.81. The molecule has 26 heteroatoms. The quantitative estimate of drug-likeness (QED) is 0.0314. The van der Waals surface area contributed by atoms with E-state index in [1.54, 1.807) is 18.6 Å². The first-order chi connectivity index (χ1) is 28.9. The summed E-state index contributed by atoms with van der Waals surface area (Å²) in [6.45, 7) is 0.448. The molecule has 1 heterocycles. The van der Waals surface area contributed by atoms with Gasteiger partial charge in [0.2, 0.25) is 0 Å². The molecule has 0 amide bonds. The second kappa shape index (κ2) is 17.3. The van der Waals surface area contributed by atoms with Gasteiger partial charge in [-0.2, -0.15) is 4.57 Å². The number of nitrogens with zero attached hydrogens (tertiary/aromatic N) is 3. The van der Waals surface area contributed by atoms with E-state index in [-0.39, 0.29) is 11.5 Å². The van der Waals surface area contributed by atoms with Crippen molar-refractivity contribution in [3.05, 3.63) is 187 Å². The third kappa shape index (κ3) is 7.50. The number of hydrogen-bond acceptors (Lipinski definition) is 3. The Morgan fingerprint density at radius 1 is 0.452 bits per heavy atom. The summed E-state index contributed by atoms with van der Waals surface area (Å²) >= 11 is 0. The van der Waals surface area contributed by atoms with Gasteiger partial charge in [-0.1, -0.05) is 30.3 Å². The summed E-state index contributed by atoms with van der Waals surface area (Å²) in [7, 11) is 0. The van der Waals surface area contributed by atoms with Gasteiger partial charge in [0.15, 0.2) is 94.4 Å². The Hall–Kier alpha value is -6.76. The third-order valence-electron chi connectivity index (χ3n) is 9.02. The summed E-state index contributed by atoms with van der Waals surface area (Å²) in [5.41, 5.74) is -12.7. The molecule has 6 rings (SSSR count). The number of benzene rings is 5. The molecule has 0 spiro atoms. The molecule has 0 aliphatic rings. The van der Waals surface area contributed by atoms with Gasteiger partial charge in [0.05, 0.1) is 6.20 Å². The highest BCUT2D eigenvalue weighted by Crippen LogP contribution is 2.30. The van der Waals surface area contributed by atoms with Crippen molar-refractivity contribution in [1.82, 2.24) is 4.98 Å². The Balaban J connectivity index is 0.000000355. The van der Waals surface area contributed by atoms with Crippen LogP contribution in [0, 0.1) is 126 Å². The van der Waals surface area contributed by atoms with Crippen LogP contribution in [-0.2, 0) is 13.1 Å². The van der Waals surface area contributed by atoms with Crippen molar-refractivity contribution in [3.63, 3.8) is 0 Å². The molecule has 6 aromatic rings. The zero-order chi connectivity index (χ0) is 46.4. The van der Waals surface area contributed by atoms with E-state index in [0.29, 0.717) is 12.2 Å². The maximum absolute atomic E-state index is 15.4. The molecule has 0 unspecified atom stereocenters. The van der Waals surface area contributed by atoms with Gasteiger partial charge in [0, 0.05) is 10.5 Å². The second-order valence-corrected chi connectivity index (χ2v) is 12.5. The molecule has 0 saturated carbocycles. The van der Waals surface area contributed by atoms with Crippen LogP contribution in [0.25, 0.3) is 0 Å². The summed E-state index contributed by atoms with van der Waals surface area (Å²) in [6, 6.07) is 9.92. The van der Waals surface area contributed by atoms with Gasteiger partial charge in [-0.25, -0.2) is 92.8 Å². The van der Waals surface area contributed by atoms with Crippen molar-refractivity contribution in [1.29, 1.82) is 0 Å². The van der Waals surface area contributed by atoms with Crippen LogP contribution in [0.5, 0.6) is 0 Å². The summed E-state index contributed by atoms with van der Waals surface area (Å²) in [6.07, 6.45) is -2.13. The van der Waals surface area contributed by atoms with Crippen LogP contribution >= 0.6 is 0 Å². The van der Waals surface area contributed by atoms with E-state index in [4.69, 9.17) is 0 Å². The van der Waals surface area contributed by atoms with Crippen molar-refractivity contribution in [2.45, 2.75) is 13.1 Å². The predicted octanol–water partition coefficient (Wildman–Crippen LogP) is 7.04. The van der Waals surface area contributed by atoms with E-state index in [0.717, 1.165) is 5.56 Å². The molecule has 0 atom stereocenters. The number of nitro groups is 1. The van der Waals surface area contributed by atoms with Crippen LogP contribution in [0.1, 0.15) is 11.3 Å². The van der Waals surface area contributed by atoms with E-state index in [9.17, 15) is 62.8 Å². The van der Waals surface area contributed by atoms with Crippen LogP contribution in [-0.4, -0.2) is 16.1 Å². The molecule has 62 heavy (non-hydrogen) atoms. The lowest BCUT2D eigenvalue weighted by atomic mass is 9.12. The van der Waals surface area contributed by atoms with E-state index >= 15 is 35.1 Å². The van der Waals surface area contributed by atoms with Crippen molar-refractivity contribution in [2.24, 2.45) is 0 Å². The monoisotopic (exact) mass is 909 g/mol. The Labute approximate surface area is 330 Å². The maximum atomic E-state index is 15.4. The fourth-order valence-corrected chi connectivity index (χ4v) is 6.46. The van der Waals surface area contributed by atoms with E-state index in [2.05, 4.69) is 4.98 Å². The standard InChI is InChI=1S/C24BF20.C12H12N3O2/c26-5-1(6(27)14(35)21(42)13(5)34)25(2-7(28)15(36)22(43)16(37)8(2)29,3-9(30)17(38)23(44)18(39)10(3)31)4-11(32)19(40)24(45)20(41)12(4)33;16-15(17)10-12-9-14(7-6-13-12)8-11-4-2-1-3-5-11/h;1-7,9H,8,10H2/q-1;+1. The molecule has 0 radical (unpaired) electrons. The van der Waals surface area contributed by atoms with E-state index in [1.807, 2.05) is 34.9 Å². The molecule has 0 saturated heterocycles. The van der Waals surface area contributed by atoms with Crippen molar-refractivity contribution >= 4 is 28.0 Å². The largest absolute Gasteiger partial charge is 0.264 e. The van der Waals surface area contributed by atoms with Gasteiger partial charge in [0.1, 0.15) is 52.7 Å². The highest BCUT2D eigenvalue weighted by atomic mass is 19.2.